The van der Waals surface area contributed by atoms with Crippen LogP contribution in [0.2, 0.25) is 0 Å². The molecule has 0 fully saturated rings. The Kier molecular flexibility index (Phi) is 6.55. The number of esters is 1. The van der Waals surface area contributed by atoms with E-state index in [9.17, 15) is 24.6 Å². The largest absolute Gasteiger partial charge is 0.507 e. The van der Waals surface area contributed by atoms with Crippen molar-refractivity contribution in [3.05, 3.63) is 71.8 Å². The van der Waals surface area contributed by atoms with Crippen LogP contribution < -0.4 is 11.1 Å². The number of nitrogens with two attached hydrogens (primary N) is 1. The summed E-state index contributed by atoms with van der Waals surface area (Å²) in [5, 5.41) is 23.5. The standard InChI is InChI=1S/C25H19N5O6/c1-36-25(35)14-8-6-13(7-9-14)22-28-23(16-4-2-3-5-18(16)32)30-24(29-22)20-17(21(26)34)10-15(27-12-31)11-19(20)33/h2-12,32-33H,1H3,(H2,26,34)(H,27,31). The second-order valence-corrected chi connectivity index (χ2v) is 7.44. The average Bonchev–Trinajstić information content (AvgIpc) is 2.88. The van der Waals surface area contributed by atoms with Gasteiger partial charge in [-0.2, -0.15) is 0 Å². The Morgan fingerprint density at radius 2 is 1.58 bits per heavy atom. The lowest BCUT2D eigenvalue weighted by atomic mass is 10.0. The maximum atomic E-state index is 12.2. The third-order valence-corrected chi connectivity index (χ3v) is 5.18. The summed E-state index contributed by atoms with van der Waals surface area (Å²) in [6, 6.07) is 15.1. The molecule has 0 unspecified atom stereocenters. The van der Waals surface area contributed by atoms with E-state index in [1.54, 1.807) is 30.3 Å². The average molecular weight is 485 g/mol. The fraction of sp³-hybridized carbons (Fsp3) is 0.0400. The van der Waals surface area contributed by atoms with E-state index in [-0.39, 0.29) is 45.6 Å². The number of aromatic hydroxyl groups is 2. The molecule has 0 saturated heterocycles. The van der Waals surface area contributed by atoms with Gasteiger partial charge in [-0.1, -0.05) is 24.3 Å². The normalized spacial score (nSPS) is 10.5. The maximum absolute atomic E-state index is 12.2. The Balaban J connectivity index is 1.97. The lowest BCUT2D eigenvalue weighted by molar-refractivity contribution is -0.105. The van der Waals surface area contributed by atoms with Crippen molar-refractivity contribution in [2.24, 2.45) is 5.73 Å². The number of carbonyl (C=O) groups is 3. The van der Waals surface area contributed by atoms with E-state index in [0.29, 0.717) is 17.5 Å². The zero-order chi connectivity index (χ0) is 25.8. The van der Waals surface area contributed by atoms with Gasteiger partial charge >= 0.3 is 5.97 Å². The zero-order valence-corrected chi connectivity index (χ0v) is 18.8. The van der Waals surface area contributed by atoms with Gasteiger partial charge in [-0.05, 0) is 30.3 Å². The number of nitrogens with one attached hydrogen (secondary N) is 1. The number of ether oxygens (including phenoxy) is 1. The summed E-state index contributed by atoms with van der Waals surface area (Å²) in [6.45, 7) is 0. The number of anilines is 1. The molecule has 2 amide bonds. The number of rotatable bonds is 7. The van der Waals surface area contributed by atoms with Crippen molar-refractivity contribution in [3.8, 4) is 45.7 Å². The highest BCUT2D eigenvalue weighted by atomic mass is 16.5. The molecule has 0 saturated carbocycles. The third-order valence-electron chi connectivity index (χ3n) is 5.18. The highest BCUT2D eigenvalue weighted by molar-refractivity contribution is 6.02. The lowest BCUT2D eigenvalue weighted by Gasteiger charge is -2.13. The molecule has 11 nitrogen and oxygen atoms in total. The first-order valence-corrected chi connectivity index (χ1v) is 10.4. The number of benzene rings is 3. The molecule has 0 aliphatic carbocycles. The summed E-state index contributed by atoms with van der Waals surface area (Å²) in [5.41, 5.74) is 6.49. The first-order valence-electron chi connectivity index (χ1n) is 10.4. The van der Waals surface area contributed by atoms with Gasteiger partial charge in [0.15, 0.2) is 17.5 Å². The van der Waals surface area contributed by atoms with Crippen LogP contribution >= 0.6 is 0 Å². The number of hydrogen-bond acceptors (Lipinski definition) is 9. The predicted molar refractivity (Wildman–Crippen MR) is 129 cm³/mol. The molecule has 180 valence electrons. The summed E-state index contributed by atoms with van der Waals surface area (Å²) in [5.74, 6) is -1.88. The highest BCUT2D eigenvalue weighted by Crippen LogP contribution is 2.36. The van der Waals surface area contributed by atoms with E-state index in [4.69, 9.17) is 10.5 Å². The predicted octanol–water partition coefficient (Wildman–Crippen LogP) is 2.74. The molecule has 0 bridgehead atoms. The highest BCUT2D eigenvalue weighted by Gasteiger charge is 2.22. The molecule has 4 aromatic rings. The van der Waals surface area contributed by atoms with Gasteiger partial charge in [0.1, 0.15) is 11.5 Å². The topological polar surface area (TPSA) is 178 Å². The molecule has 4 rings (SSSR count). The Hall–Kier alpha value is -5.32. The number of primary amides is 1. The fourth-order valence-corrected chi connectivity index (χ4v) is 3.48. The number of methoxy groups -OCH3 is 1. The molecule has 0 atom stereocenters. The summed E-state index contributed by atoms with van der Waals surface area (Å²) in [7, 11) is 1.27. The van der Waals surface area contributed by atoms with Crippen molar-refractivity contribution in [3.63, 3.8) is 0 Å². The molecular formula is C25H19N5O6. The lowest BCUT2D eigenvalue weighted by Crippen LogP contribution is -2.14. The minimum atomic E-state index is -0.900. The van der Waals surface area contributed by atoms with Crippen LogP contribution in [-0.4, -0.2) is 50.6 Å². The van der Waals surface area contributed by atoms with Crippen LogP contribution in [0, 0.1) is 0 Å². The van der Waals surface area contributed by atoms with Crippen LogP contribution in [0.15, 0.2) is 60.7 Å². The molecular weight excluding hydrogens is 466 g/mol. The molecule has 1 aromatic heterocycles. The van der Waals surface area contributed by atoms with Gasteiger partial charge in [-0.15, -0.1) is 0 Å². The van der Waals surface area contributed by atoms with Crippen molar-refractivity contribution >= 4 is 24.0 Å². The van der Waals surface area contributed by atoms with E-state index in [2.05, 4.69) is 20.3 Å². The molecule has 11 heteroatoms. The smallest absolute Gasteiger partial charge is 0.337 e. The van der Waals surface area contributed by atoms with Gasteiger partial charge in [0.2, 0.25) is 12.3 Å². The maximum Gasteiger partial charge on any atom is 0.337 e. The monoisotopic (exact) mass is 485 g/mol. The summed E-state index contributed by atoms with van der Waals surface area (Å²) < 4.78 is 4.72. The molecule has 0 aliphatic rings. The van der Waals surface area contributed by atoms with Gasteiger partial charge in [0, 0.05) is 17.3 Å². The molecule has 0 radical (unpaired) electrons. The number of nitrogens with zero attached hydrogens (tertiary/aromatic N) is 3. The molecule has 36 heavy (non-hydrogen) atoms. The fourth-order valence-electron chi connectivity index (χ4n) is 3.48. The third kappa shape index (κ3) is 4.66. The van der Waals surface area contributed by atoms with E-state index < -0.39 is 17.6 Å². The SMILES string of the molecule is COC(=O)c1ccc(-c2nc(-c3ccccc3O)nc(-c3c(O)cc(NC=O)cc3C(N)=O)n2)cc1. The minimum Gasteiger partial charge on any atom is -0.507 e. The van der Waals surface area contributed by atoms with Gasteiger partial charge in [-0.3, -0.25) is 9.59 Å². The number of para-hydroxylation sites is 1. The second kappa shape index (κ2) is 9.89. The Morgan fingerprint density at radius 3 is 2.22 bits per heavy atom. The summed E-state index contributed by atoms with van der Waals surface area (Å²) in [4.78, 5) is 48.1. The van der Waals surface area contributed by atoms with Crippen molar-refractivity contribution < 1.29 is 29.3 Å². The zero-order valence-electron chi connectivity index (χ0n) is 18.8. The van der Waals surface area contributed by atoms with E-state index in [1.807, 2.05) is 0 Å². The number of phenolic OH excluding ortho intramolecular Hbond substituents is 2. The van der Waals surface area contributed by atoms with Crippen molar-refractivity contribution in [1.82, 2.24) is 15.0 Å². The van der Waals surface area contributed by atoms with Crippen molar-refractivity contribution in [1.29, 1.82) is 0 Å². The Morgan fingerprint density at radius 1 is 0.917 bits per heavy atom. The minimum absolute atomic E-state index is 0.0510. The number of aromatic nitrogens is 3. The molecule has 0 aliphatic heterocycles. The van der Waals surface area contributed by atoms with E-state index in [0.717, 1.165) is 0 Å². The van der Waals surface area contributed by atoms with Gasteiger partial charge in [0.25, 0.3) is 0 Å². The van der Waals surface area contributed by atoms with Crippen molar-refractivity contribution in [2.45, 2.75) is 0 Å². The quantitative estimate of drug-likeness (QED) is 0.226. The van der Waals surface area contributed by atoms with Crippen LogP contribution in [0.3, 0.4) is 0 Å². The summed E-state index contributed by atoms with van der Waals surface area (Å²) >= 11 is 0. The van der Waals surface area contributed by atoms with Crippen LogP contribution in [0.4, 0.5) is 5.69 Å². The molecule has 5 N–H and O–H groups in total. The van der Waals surface area contributed by atoms with Gasteiger partial charge in [-0.25, -0.2) is 19.7 Å². The Labute approximate surface area is 204 Å². The van der Waals surface area contributed by atoms with E-state index in [1.165, 1.54) is 37.4 Å². The van der Waals surface area contributed by atoms with Crippen LogP contribution in [-0.2, 0) is 9.53 Å². The molecule has 1 heterocycles. The number of carbonyl (C=O) groups excluding carboxylic acids is 3. The van der Waals surface area contributed by atoms with Gasteiger partial charge in [0.05, 0.1) is 29.4 Å². The van der Waals surface area contributed by atoms with E-state index >= 15 is 0 Å². The number of amides is 2. The number of phenols is 2. The molecule has 0 spiro atoms. The first-order chi connectivity index (χ1) is 17.3. The van der Waals surface area contributed by atoms with Crippen LogP contribution in [0.1, 0.15) is 20.7 Å². The number of hydrogen-bond donors (Lipinski definition) is 4. The summed E-state index contributed by atoms with van der Waals surface area (Å²) in [6.07, 6.45) is 0.383. The first kappa shape index (κ1) is 23.8. The van der Waals surface area contributed by atoms with Gasteiger partial charge < -0.3 is 26.0 Å². The van der Waals surface area contributed by atoms with Crippen LogP contribution in [0.5, 0.6) is 11.5 Å². The van der Waals surface area contributed by atoms with Crippen molar-refractivity contribution in [2.75, 3.05) is 12.4 Å². The van der Waals surface area contributed by atoms with Crippen LogP contribution in [0.25, 0.3) is 34.2 Å². The Bertz CT molecular complexity index is 1490. The molecule has 3 aromatic carbocycles. The second-order valence-electron chi connectivity index (χ2n) is 7.44.